The molecule has 3 heteroatoms. The van der Waals surface area contributed by atoms with Gasteiger partial charge in [-0.05, 0) is 30.2 Å². The van der Waals surface area contributed by atoms with Gasteiger partial charge in [0.15, 0.2) is 0 Å². The molecule has 1 aliphatic rings. The molecular weight excluding hydrogens is 214 g/mol. The van der Waals surface area contributed by atoms with E-state index in [0.717, 1.165) is 19.3 Å². The molecule has 0 aromatic heterocycles. The topological polar surface area (TPSA) is 49.3 Å². The number of hydrogen-bond donors (Lipinski definition) is 2. The highest BCUT2D eigenvalue weighted by atomic mass is 16.4. The first-order chi connectivity index (χ1) is 8.20. The van der Waals surface area contributed by atoms with Gasteiger partial charge in [0.05, 0.1) is 0 Å². The Hall–Kier alpha value is -1.51. The van der Waals surface area contributed by atoms with Gasteiger partial charge < -0.3 is 10.4 Å². The predicted molar refractivity (Wildman–Crippen MR) is 67.1 cm³/mol. The van der Waals surface area contributed by atoms with E-state index < -0.39 is 6.09 Å². The van der Waals surface area contributed by atoms with E-state index in [4.69, 9.17) is 5.11 Å². The normalized spacial score (nSPS) is 17.9. The SMILES string of the molecule is O=C(O)NCC1(Cc2ccccc2)CCCC1. The zero-order chi connectivity index (χ0) is 12.1. The van der Waals surface area contributed by atoms with Crippen molar-refractivity contribution < 1.29 is 9.90 Å². The fraction of sp³-hybridized carbons (Fsp3) is 0.500. The van der Waals surface area contributed by atoms with E-state index >= 15 is 0 Å². The molecule has 1 aromatic carbocycles. The van der Waals surface area contributed by atoms with Gasteiger partial charge in [-0.2, -0.15) is 0 Å². The van der Waals surface area contributed by atoms with Gasteiger partial charge in [-0.15, -0.1) is 0 Å². The van der Waals surface area contributed by atoms with Gasteiger partial charge in [-0.25, -0.2) is 4.79 Å². The summed E-state index contributed by atoms with van der Waals surface area (Å²) in [6.45, 7) is 0.581. The molecule has 0 bridgehead atoms. The lowest BCUT2D eigenvalue weighted by Crippen LogP contribution is -2.36. The van der Waals surface area contributed by atoms with Crippen molar-refractivity contribution in [3.05, 3.63) is 35.9 Å². The molecule has 0 heterocycles. The van der Waals surface area contributed by atoms with Gasteiger partial charge in [0, 0.05) is 6.54 Å². The second-order valence-corrected chi connectivity index (χ2v) is 5.03. The fourth-order valence-corrected chi connectivity index (χ4v) is 2.83. The Morgan fingerprint density at radius 1 is 1.24 bits per heavy atom. The van der Waals surface area contributed by atoms with Gasteiger partial charge in [0.25, 0.3) is 0 Å². The Bertz CT molecular complexity index is 369. The van der Waals surface area contributed by atoms with E-state index in [-0.39, 0.29) is 5.41 Å². The largest absolute Gasteiger partial charge is 0.465 e. The van der Waals surface area contributed by atoms with Crippen molar-refractivity contribution in [2.45, 2.75) is 32.1 Å². The van der Waals surface area contributed by atoms with E-state index in [2.05, 4.69) is 17.4 Å². The molecule has 1 aromatic rings. The number of carboxylic acid groups (broad SMARTS) is 1. The lowest BCUT2D eigenvalue weighted by molar-refractivity contribution is 0.183. The standard InChI is InChI=1S/C14H19NO2/c16-13(17)15-11-14(8-4-5-9-14)10-12-6-2-1-3-7-12/h1-3,6-7,15H,4-5,8-11H2,(H,16,17). The van der Waals surface area contributed by atoms with Gasteiger partial charge in [0.1, 0.15) is 0 Å². The summed E-state index contributed by atoms with van der Waals surface area (Å²) in [5, 5.41) is 11.3. The molecule has 1 saturated carbocycles. The van der Waals surface area contributed by atoms with E-state index in [1.807, 2.05) is 18.2 Å². The summed E-state index contributed by atoms with van der Waals surface area (Å²) in [5.41, 5.74) is 1.45. The Morgan fingerprint density at radius 2 is 1.88 bits per heavy atom. The van der Waals surface area contributed by atoms with Crippen LogP contribution in [-0.2, 0) is 6.42 Å². The minimum Gasteiger partial charge on any atom is -0.465 e. The molecule has 92 valence electrons. The third-order valence-electron chi connectivity index (χ3n) is 3.70. The van der Waals surface area contributed by atoms with Crippen molar-refractivity contribution in [1.29, 1.82) is 0 Å². The molecular formula is C14H19NO2. The fourth-order valence-electron chi connectivity index (χ4n) is 2.83. The zero-order valence-electron chi connectivity index (χ0n) is 9.98. The summed E-state index contributed by atoms with van der Waals surface area (Å²) >= 11 is 0. The van der Waals surface area contributed by atoms with Gasteiger partial charge in [0.2, 0.25) is 0 Å². The molecule has 2 rings (SSSR count). The van der Waals surface area contributed by atoms with E-state index in [1.54, 1.807) is 0 Å². The second kappa shape index (κ2) is 5.21. The predicted octanol–water partition coefficient (Wildman–Crippen LogP) is 3.06. The van der Waals surface area contributed by atoms with Crippen LogP contribution in [0, 0.1) is 5.41 Å². The molecule has 2 N–H and O–H groups in total. The van der Waals surface area contributed by atoms with Crippen molar-refractivity contribution in [2.75, 3.05) is 6.54 Å². The Kier molecular flexibility index (Phi) is 3.67. The van der Waals surface area contributed by atoms with Crippen LogP contribution in [0.1, 0.15) is 31.2 Å². The number of hydrogen-bond acceptors (Lipinski definition) is 1. The third kappa shape index (κ3) is 3.22. The molecule has 0 spiro atoms. The van der Waals surface area contributed by atoms with Crippen LogP contribution in [0.3, 0.4) is 0 Å². The van der Waals surface area contributed by atoms with E-state index in [9.17, 15) is 4.79 Å². The minimum atomic E-state index is -0.913. The molecule has 0 aliphatic heterocycles. The highest BCUT2D eigenvalue weighted by molar-refractivity contribution is 5.64. The summed E-state index contributed by atoms with van der Waals surface area (Å²) in [6.07, 6.45) is 4.75. The van der Waals surface area contributed by atoms with Crippen molar-refractivity contribution in [2.24, 2.45) is 5.41 Å². The molecule has 17 heavy (non-hydrogen) atoms. The first-order valence-corrected chi connectivity index (χ1v) is 6.21. The summed E-state index contributed by atoms with van der Waals surface area (Å²) in [7, 11) is 0. The zero-order valence-corrected chi connectivity index (χ0v) is 9.98. The molecule has 0 radical (unpaired) electrons. The van der Waals surface area contributed by atoms with E-state index in [1.165, 1.54) is 18.4 Å². The van der Waals surface area contributed by atoms with Crippen LogP contribution in [0.15, 0.2) is 30.3 Å². The first-order valence-electron chi connectivity index (χ1n) is 6.21. The molecule has 3 nitrogen and oxygen atoms in total. The summed E-state index contributed by atoms with van der Waals surface area (Å²) in [6, 6.07) is 10.4. The highest BCUT2D eigenvalue weighted by Crippen LogP contribution is 2.40. The highest BCUT2D eigenvalue weighted by Gasteiger charge is 2.34. The van der Waals surface area contributed by atoms with Crippen LogP contribution in [0.25, 0.3) is 0 Å². The third-order valence-corrected chi connectivity index (χ3v) is 3.70. The van der Waals surface area contributed by atoms with Crippen LogP contribution < -0.4 is 5.32 Å². The quantitative estimate of drug-likeness (QED) is 0.839. The van der Waals surface area contributed by atoms with Gasteiger partial charge in [-0.1, -0.05) is 43.2 Å². The van der Waals surface area contributed by atoms with Crippen LogP contribution in [-0.4, -0.2) is 17.7 Å². The van der Waals surface area contributed by atoms with Crippen LogP contribution >= 0.6 is 0 Å². The molecule has 0 saturated heterocycles. The maximum atomic E-state index is 10.6. The maximum Gasteiger partial charge on any atom is 0.404 e. The van der Waals surface area contributed by atoms with Gasteiger partial charge in [-0.3, -0.25) is 0 Å². The number of amides is 1. The lowest BCUT2D eigenvalue weighted by atomic mass is 9.80. The number of carbonyl (C=O) groups is 1. The first kappa shape index (κ1) is 12.0. The molecule has 1 amide bonds. The Morgan fingerprint density at radius 3 is 2.47 bits per heavy atom. The van der Waals surface area contributed by atoms with Gasteiger partial charge >= 0.3 is 6.09 Å². The molecule has 0 unspecified atom stereocenters. The van der Waals surface area contributed by atoms with Crippen LogP contribution in [0.5, 0.6) is 0 Å². The maximum absolute atomic E-state index is 10.6. The Balaban J connectivity index is 2.04. The Labute approximate surface area is 102 Å². The van der Waals surface area contributed by atoms with Crippen molar-refractivity contribution in [1.82, 2.24) is 5.32 Å². The smallest absolute Gasteiger partial charge is 0.404 e. The number of rotatable bonds is 4. The number of nitrogens with one attached hydrogen (secondary N) is 1. The minimum absolute atomic E-state index is 0.139. The van der Waals surface area contributed by atoms with Crippen molar-refractivity contribution in [3.8, 4) is 0 Å². The lowest BCUT2D eigenvalue weighted by Gasteiger charge is -2.28. The average molecular weight is 233 g/mol. The summed E-state index contributed by atoms with van der Waals surface area (Å²) < 4.78 is 0. The van der Waals surface area contributed by atoms with Crippen LogP contribution in [0.2, 0.25) is 0 Å². The number of benzene rings is 1. The van der Waals surface area contributed by atoms with Crippen LogP contribution in [0.4, 0.5) is 4.79 Å². The summed E-state index contributed by atoms with van der Waals surface area (Å²) in [5.74, 6) is 0. The summed E-state index contributed by atoms with van der Waals surface area (Å²) in [4.78, 5) is 10.6. The van der Waals surface area contributed by atoms with Crippen molar-refractivity contribution >= 4 is 6.09 Å². The second-order valence-electron chi connectivity index (χ2n) is 5.03. The average Bonchev–Trinajstić information content (AvgIpc) is 2.77. The molecule has 1 fully saturated rings. The molecule has 1 aliphatic carbocycles. The van der Waals surface area contributed by atoms with E-state index in [0.29, 0.717) is 6.54 Å². The monoisotopic (exact) mass is 233 g/mol. The molecule has 0 atom stereocenters. The van der Waals surface area contributed by atoms with Crippen molar-refractivity contribution in [3.63, 3.8) is 0 Å².